The Kier molecular flexibility index (Phi) is 3.62. The van der Waals surface area contributed by atoms with E-state index in [0.717, 1.165) is 24.5 Å². The summed E-state index contributed by atoms with van der Waals surface area (Å²) in [6, 6.07) is 1.05. The lowest BCUT2D eigenvalue weighted by Gasteiger charge is -2.20. The zero-order valence-corrected chi connectivity index (χ0v) is 13.5. The van der Waals surface area contributed by atoms with E-state index in [9.17, 15) is 13.2 Å². The maximum Gasteiger partial charge on any atom is 0.433 e. The van der Waals surface area contributed by atoms with Crippen LogP contribution in [0.1, 0.15) is 17.7 Å². The van der Waals surface area contributed by atoms with Gasteiger partial charge in [0, 0.05) is 32.4 Å². The number of halogens is 3. The van der Waals surface area contributed by atoms with E-state index in [1.165, 1.54) is 10.8 Å². The van der Waals surface area contributed by atoms with Gasteiger partial charge in [0.05, 0.1) is 6.20 Å². The van der Waals surface area contributed by atoms with Gasteiger partial charge >= 0.3 is 6.18 Å². The third-order valence-corrected chi connectivity index (χ3v) is 4.42. The Morgan fingerprint density at radius 3 is 2.84 bits per heavy atom. The van der Waals surface area contributed by atoms with Gasteiger partial charge < -0.3 is 4.90 Å². The zero-order chi connectivity index (χ0) is 17.6. The molecule has 0 aromatic carbocycles. The second-order valence-corrected chi connectivity index (χ2v) is 6.30. The molecule has 0 spiro atoms. The molecule has 0 N–H and O–H groups in total. The first-order valence-corrected chi connectivity index (χ1v) is 7.90. The van der Waals surface area contributed by atoms with E-state index in [1.807, 2.05) is 24.3 Å². The van der Waals surface area contributed by atoms with Crippen molar-refractivity contribution in [3.63, 3.8) is 0 Å². The zero-order valence-electron chi connectivity index (χ0n) is 13.5. The minimum absolute atomic E-state index is 0.0412. The highest BCUT2D eigenvalue weighted by atomic mass is 19.4. The number of nitrogens with zero attached hydrogens (tertiary/aromatic N) is 7. The van der Waals surface area contributed by atoms with E-state index in [0.29, 0.717) is 24.8 Å². The standard InChI is InChI=1S/C15H16F3N7/c1-23-7-11(6-20-23)4-10-2-3-24(8-10)13-5-12(15(16,17)18)22-14-19-9-21-25(13)14/h5-7,9-10H,2-4,8H2,1H3. The Hall–Kier alpha value is -2.65. The first-order valence-electron chi connectivity index (χ1n) is 7.90. The average molecular weight is 351 g/mol. The molecule has 4 heterocycles. The maximum absolute atomic E-state index is 13.1. The molecule has 0 aliphatic carbocycles. The third kappa shape index (κ3) is 3.03. The molecule has 3 aromatic rings. The molecule has 0 bridgehead atoms. The van der Waals surface area contributed by atoms with Gasteiger partial charge in [-0.15, -0.1) is 0 Å². The van der Waals surface area contributed by atoms with Crippen molar-refractivity contribution >= 4 is 11.6 Å². The van der Waals surface area contributed by atoms with Crippen LogP contribution < -0.4 is 4.90 Å². The number of aromatic nitrogens is 6. The van der Waals surface area contributed by atoms with Crippen molar-refractivity contribution in [3.05, 3.63) is 36.0 Å². The number of alkyl halides is 3. The quantitative estimate of drug-likeness (QED) is 0.722. The monoisotopic (exact) mass is 351 g/mol. The minimum atomic E-state index is -4.52. The first kappa shape index (κ1) is 15.9. The van der Waals surface area contributed by atoms with Gasteiger partial charge in [-0.3, -0.25) is 4.68 Å². The van der Waals surface area contributed by atoms with E-state index in [2.05, 4.69) is 20.2 Å². The predicted octanol–water partition coefficient (Wildman–Crippen LogP) is 1.95. The molecule has 25 heavy (non-hydrogen) atoms. The fourth-order valence-electron chi connectivity index (χ4n) is 3.29. The van der Waals surface area contributed by atoms with Gasteiger partial charge in [0.1, 0.15) is 12.1 Å². The minimum Gasteiger partial charge on any atom is -0.356 e. The Labute approximate surface area is 141 Å². The van der Waals surface area contributed by atoms with Gasteiger partial charge in [-0.2, -0.15) is 32.9 Å². The van der Waals surface area contributed by atoms with Crippen LogP contribution in [-0.2, 0) is 19.6 Å². The lowest BCUT2D eigenvalue weighted by molar-refractivity contribution is -0.141. The number of aryl methyl sites for hydroxylation is 1. The molecule has 4 rings (SSSR count). The van der Waals surface area contributed by atoms with Crippen LogP contribution in [0, 0.1) is 5.92 Å². The van der Waals surface area contributed by atoms with Gasteiger partial charge in [-0.1, -0.05) is 0 Å². The summed E-state index contributed by atoms with van der Waals surface area (Å²) in [5.74, 6) is 0.689. The Bertz CT molecular complexity index is 898. The van der Waals surface area contributed by atoms with Gasteiger partial charge in [-0.25, -0.2) is 4.98 Å². The van der Waals surface area contributed by atoms with Gasteiger partial charge in [0.15, 0.2) is 5.69 Å². The summed E-state index contributed by atoms with van der Waals surface area (Å²) in [6.45, 7) is 1.33. The Morgan fingerprint density at radius 1 is 1.28 bits per heavy atom. The van der Waals surface area contributed by atoms with Crippen LogP contribution in [0.4, 0.5) is 19.0 Å². The fourth-order valence-corrected chi connectivity index (χ4v) is 3.29. The molecule has 1 aliphatic heterocycles. The fraction of sp³-hybridized carbons (Fsp3) is 0.467. The summed E-state index contributed by atoms with van der Waals surface area (Å²) in [5, 5.41) is 8.18. The van der Waals surface area contributed by atoms with Crippen molar-refractivity contribution in [2.24, 2.45) is 13.0 Å². The molecule has 1 saturated heterocycles. The highest BCUT2D eigenvalue weighted by Gasteiger charge is 2.35. The molecule has 1 unspecified atom stereocenters. The van der Waals surface area contributed by atoms with E-state index in [-0.39, 0.29) is 5.78 Å². The number of hydrogen-bond donors (Lipinski definition) is 0. The first-order chi connectivity index (χ1) is 11.9. The molecule has 132 valence electrons. The highest BCUT2D eigenvalue weighted by Crippen LogP contribution is 2.32. The summed E-state index contributed by atoms with van der Waals surface area (Å²) in [4.78, 5) is 9.29. The van der Waals surface area contributed by atoms with Crippen LogP contribution in [0.15, 0.2) is 24.8 Å². The van der Waals surface area contributed by atoms with Crippen LogP contribution in [-0.4, -0.2) is 42.5 Å². The molecule has 1 aliphatic rings. The molecule has 0 radical (unpaired) electrons. The second kappa shape index (κ2) is 5.71. The maximum atomic E-state index is 13.1. The van der Waals surface area contributed by atoms with Crippen molar-refractivity contribution in [2.45, 2.75) is 19.0 Å². The normalized spacial score (nSPS) is 18.4. The summed E-state index contributed by atoms with van der Waals surface area (Å²) in [6.07, 6.45) is 2.24. The van der Waals surface area contributed by atoms with Crippen molar-refractivity contribution < 1.29 is 13.2 Å². The molecular weight excluding hydrogens is 335 g/mol. The number of anilines is 1. The summed E-state index contributed by atoms with van der Waals surface area (Å²) in [5.41, 5.74) is 0.185. The lowest BCUT2D eigenvalue weighted by atomic mass is 10.0. The van der Waals surface area contributed by atoms with Gasteiger partial charge in [0.2, 0.25) is 0 Å². The average Bonchev–Trinajstić information content (AvgIpc) is 3.26. The van der Waals surface area contributed by atoms with Crippen molar-refractivity contribution in [1.82, 2.24) is 29.4 Å². The summed E-state index contributed by atoms with van der Waals surface area (Å²) < 4.78 is 42.4. The van der Waals surface area contributed by atoms with Crippen LogP contribution in [0.3, 0.4) is 0 Å². The molecular formula is C15H16F3N7. The van der Waals surface area contributed by atoms with Gasteiger partial charge in [0.25, 0.3) is 5.78 Å². The molecule has 0 amide bonds. The third-order valence-electron chi connectivity index (χ3n) is 4.42. The molecule has 1 atom stereocenters. The van der Waals surface area contributed by atoms with Gasteiger partial charge in [-0.05, 0) is 24.3 Å². The Morgan fingerprint density at radius 2 is 2.12 bits per heavy atom. The van der Waals surface area contributed by atoms with Crippen LogP contribution in [0.25, 0.3) is 5.78 Å². The summed E-state index contributed by atoms with van der Waals surface area (Å²) >= 11 is 0. The SMILES string of the molecule is Cn1cc(CC2CCN(c3cc(C(F)(F)F)nc4ncnn34)C2)cn1. The molecule has 10 heteroatoms. The Balaban J connectivity index is 1.60. The van der Waals surface area contributed by atoms with Crippen LogP contribution in [0.5, 0.6) is 0 Å². The second-order valence-electron chi connectivity index (χ2n) is 6.30. The predicted molar refractivity (Wildman–Crippen MR) is 83.0 cm³/mol. The van der Waals surface area contributed by atoms with Crippen molar-refractivity contribution in [3.8, 4) is 0 Å². The van der Waals surface area contributed by atoms with Crippen LogP contribution >= 0.6 is 0 Å². The van der Waals surface area contributed by atoms with E-state index in [4.69, 9.17) is 0 Å². The van der Waals surface area contributed by atoms with E-state index in [1.54, 1.807) is 4.68 Å². The molecule has 1 fully saturated rings. The summed E-state index contributed by atoms with van der Waals surface area (Å²) in [7, 11) is 1.86. The largest absolute Gasteiger partial charge is 0.433 e. The van der Waals surface area contributed by atoms with Crippen molar-refractivity contribution in [1.29, 1.82) is 0 Å². The van der Waals surface area contributed by atoms with Crippen LogP contribution in [0.2, 0.25) is 0 Å². The lowest BCUT2D eigenvalue weighted by Crippen LogP contribution is -2.24. The molecule has 7 nitrogen and oxygen atoms in total. The number of rotatable bonds is 3. The van der Waals surface area contributed by atoms with E-state index >= 15 is 0 Å². The smallest absolute Gasteiger partial charge is 0.356 e. The van der Waals surface area contributed by atoms with E-state index < -0.39 is 11.9 Å². The topological polar surface area (TPSA) is 64.1 Å². The number of hydrogen-bond acceptors (Lipinski definition) is 5. The number of fused-ring (bicyclic) bond motifs is 1. The molecule has 0 saturated carbocycles. The highest BCUT2D eigenvalue weighted by molar-refractivity contribution is 5.48. The van der Waals surface area contributed by atoms with Crippen molar-refractivity contribution in [2.75, 3.05) is 18.0 Å². The molecule has 3 aromatic heterocycles.